The minimum atomic E-state index is -0.199. The summed E-state index contributed by atoms with van der Waals surface area (Å²) in [5, 5.41) is 6.33. The lowest BCUT2D eigenvalue weighted by Gasteiger charge is -2.40. The first-order chi connectivity index (χ1) is 25.2. The number of pyridine rings is 4. The number of aryl methyl sites for hydroxylation is 4. The van der Waals surface area contributed by atoms with Gasteiger partial charge in [0.05, 0.1) is 33.9 Å². The van der Waals surface area contributed by atoms with E-state index in [4.69, 9.17) is 0 Å². The molecule has 260 valence electrons. The van der Waals surface area contributed by atoms with Crippen molar-refractivity contribution in [1.82, 2.24) is 19.9 Å². The van der Waals surface area contributed by atoms with Gasteiger partial charge in [-0.3, -0.25) is 29.5 Å². The quantitative estimate of drug-likeness (QED) is 0.165. The van der Waals surface area contributed by atoms with Crippen molar-refractivity contribution in [2.45, 2.75) is 65.2 Å². The minimum absolute atomic E-state index is 0.176. The Morgan fingerprint density at radius 1 is 0.519 bits per heavy atom. The van der Waals surface area contributed by atoms with E-state index in [0.717, 1.165) is 82.1 Å². The lowest BCUT2D eigenvalue weighted by atomic mass is 9.64. The van der Waals surface area contributed by atoms with Crippen molar-refractivity contribution < 1.29 is 9.59 Å². The first kappa shape index (κ1) is 34.4. The number of anilines is 2. The topological polar surface area (TPSA) is 110 Å². The van der Waals surface area contributed by atoms with E-state index in [1.165, 1.54) is 17.5 Å². The fourth-order valence-electron chi connectivity index (χ4n) is 7.53. The molecule has 0 atom stereocenters. The second-order valence-electron chi connectivity index (χ2n) is 13.8. The molecule has 1 saturated carbocycles. The van der Waals surface area contributed by atoms with E-state index in [9.17, 15) is 9.59 Å². The third kappa shape index (κ3) is 6.97. The zero-order chi connectivity index (χ0) is 36.2. The number of rotatable bonds is 8. The second kappa shape index (κ2) is 14.7. The maximum Gasteiger partial charge on any atom is 0.257 e. The predicted molar refractivity (Wildman–Crippen MR) is 207 cm³/mol. The Kier molecular flexibility index (Phi) is 9.72. The molecule has 0 spiro atoms. The van der Waals surface area contributed by atoms with Gasteiger partial charge in [-0.25, -0.2) is 0 Å². The van der Waals surface area contributed by atoms with Gasteiger partial charge >= 0.3 is 0 Å². The van der Waals surface area contributed by atoms with Crippen LogP contribution < -0.4 is 10.6 Å². The second-order valence-corrected chi connectivity index (χ2v) is 13.8. The Morgan fingerprint density at radius 3 is 1.27 bits per heavy atom. The van der Waals surface area contributed by atoms with Crippen LogP contribution in [0.4, 0.5) is 11.4 Å². The maximum atomic E-state index is 13.4. The Morgan fingerprint density at radius 2 is 0.923 bits per heavy atom. The molecule has 7 rings (SSSR count). The number of nitrogens with zero attached hydrogens (tertiary/aromatic N) is 4. The van der Waals surface area contributed by atoms with Crippen molar-refractivity contribution in [2.24, 2.45) is 0 Å². The van der Waals surface area contributed by atoms with E-state index < -0.39 is 0 Å². The Hall–Kier alpha value is -6.02. The normalized spacial score (nSPS) is 13.7. The van der Waals surface area contributed by atoms with Crippen LogP contribution in [0.1, 0.15) is 86.2 Å². The van der Waals surface area contributed by atoms with Gasteiger partial charge in [0.25, 0.3) is 11.8 Å². The number of amides is 2. The summed E-state index contributed by atoms with van der Waals surface area (Å²) in [5.41, 5.74) is 12.0. The fraction of sp³-hybridized carbons (Fsp3) is 0.227. The van der Waals surface area contributed by atoms with Crippen molar-refractivity contribution in [1.29, 1.82) is 0 Å². The summed E-state index contributed by atoms with van der Waals surface area (Å²) in [6.45, 7) is 8.27. The molecule has 4 heterocycles. The standard InChI is InChI=1S/C44H42N6O2/c1-28-22-34(23-29(2)40(28)49-42(51)32-14-16-38(47-26-32)36-12-6-10-20-45-36)44(18-8-5-9-19-44)35-24-30(3)41(31(4)25-35)50-43(52)33-15-17-39(48-27-33)37-13-7-11-21-46-37/h6-7,10-17,20-27H,5,8-9,18-19H2,1-4H3,(H,49,51)(H,50,52). The number of carbonyl (C=O) groups is 2. The largest absolute Gasteiger partial charge is 0.321 e. The highest BCUT2D eigenvalue weighted by Gasteiger charge is 2.37. The molecule has 0 bridgehead atoms. The Bertz CT molecular complexity index is 2030. The minimum Gasteiger partial charge on any atom is -0.321 e. The number of nitrogens with one attached hydrogen (secondary N) is 2. The molecule has 8 heteroatoms. The first-order valence-electron chi connectivity index (χ1n) is 17.8. The van der Waals surface area contributed by atoms with E-state index in [1.54, 1.807) is 36.9 Å². The molecule has 8 nitrogen and oxygen atoms in total. The monoisotopic (exact) mass is 686 g/mol. The lowest BCUT2D eigenvalue weighted by molar-refractivity contribution is 0.101. The molecule has 4 aromatic heterocycles. The third-order valence-corrected chi connectivity index (χ3v) is 10.3. The lowest BCUT2D eigenvalue weighted by Crippen LogP contribution is -2.31. The van der Waals surface area contributed by atoms with Gasteiger partial charge in [0.1, 0.15) is 0 Å². The van der Waals surface area contributed by atoms with Crippen molar-refractivity contribution >= 4 is 23.2 Å². The van der Waals surface area contributed by atoms with Crippen molar-refractivity contribution in [3.63, 3.8) is 0 Å². The van der Waals surface area contributed by atoms with Crippen LogP contribution in [-0.4, -0.2) is 31.8 Å². The SMILES string of the molecule is Cc1cc(C2(c3cc(C)c(NC(=O)c4ccc(-c5ccccn5)nc4)c(C)c3)CCCCC2)cc(C)c1NC(=O)c1ccc(-c2ccccn2)nc1. The highest BCUT2D eigenvalue weighted by molar-refractivity contribution is 6.05. The third-order valence-electron chi connectivity index (χ3n) is 10.3. The first-order valence-corrected chi connectivity index (χ1v) is 17.8. The average Bonchev–Trinajstić information content (AvgIpc) is 3.18. The summed E-state index contributed by atoms with van der Waals surface area (Å²) in [6, 6.07) is 27.6. The van der Waals surface area contributed by atoms with E-state index in [0.29, 0.717) is 11.1 Å². The van der Waals surface area contributed by atoms with Crippen LogP contribution in [-0.2, 0) is 5.41 Å². The summed E-state index contributed by atoms with van der Waals surface area (Å²) < 4.78 is 0. The molecule has 0 saturated heterocycles. The van der Waals surface area contributed by atoms with Gasteiger partial charge in [0, 0.05) is 41.6 Å². The number of hydrogen-bond acceptors (Lipinski definition) is 6. The maximum absolute atomic E-state index is 13.4. The van der Waals surface area contributed by atoms with Crippen LogP contribution in [0.3, 0.4) is 0 Å². The summed E-state index contributed by atoms with van der Waals surface area (Å²) in [5.74, 6) is -0.398. The molecule has 1 aliphatic rings. The van der Waals surface area contributed by atoms with E-state index >= 15 is 0 Å². The smallest absolute Gasteiger partial charge is 0.257 e. The summed E-state index contributed by atoms with van der Waals surface area (Å²) in [4.78, 5) is 44.4. The average molecular weight is 687 g/mol. The molecular weight excluding hydrogens is 645 g/mol. The highest BCUT2D eigenvalue weighted by Crippen LogP contribution is 2.47. The molecule has 0 aliphatic heterocycles. The van der Waals surface area contributed by atoms with Crippen LogP contribution >= 0.6 is 0 Å². The summed E-state index contributed by atoms with van der Waals surface area (Å²) in [6.07, 6.45) is 12.2. The van der Waals surface area contributed by atoms with E-state index in [-0.39, 0.29) is 17.2 Å². The highest BCUT2D eigenvalue weighted by atomic mass is 16.2. The molecule has 6 aromatic rings. The molecule has 2 amide bonds. The van der Waals surface area contributed by atoms with Crippen LogP contribution in [0.15, 0.2) is 110 Å². The molecule has 2 N–H and O–H groups in total. The van der Waals surface area contributed by atoms with Gasteiger partial charge in [0.2, 0.25) is 0 Å². The van der Waals surface area contributed by atoms with Crippen LogP contribution in [0.2, 0.25) is 0 Å². The molecule has 52 heavy (non-hydrogen) atoms. The Labute approximate surface area is 304 Å². The molecular formula is C44H42N6O2. The van der Waals surface area contributed by atoms with E-state index in [2.05, 4.69) is 82.5 Å². The van der Waals surface area contributed by atoms with E-state index in [1.807, 2.05) is 48.5 Å². The molecule has 1 aliphatic carbocycles. The Balaban J connectivity index is 1.12. The fourth-order valence-corrected chi connectivity index (χ4v) is 7.53. The van der Waals surface area contributed by atoms with Crippen molar-refractivity contribution in [3.05, 3.63) is 154 Å². The van der Waals surface area contributed by atoms with Gasteiger partial charge in [-0.1, -0.05) is 55.7 Å². The van der Waals surface area contributed by atoms with Gasteiger partial charge < -0.3 is 10.6 Å². The summed E-state index contributed by atoms with van der Waals surface area (Å²) in [7, 11) is 0. The zero-order valence-corrected chi connectivity index (χ0v) is 30.0. The van der Waals surface area contributed by atoms with Gasteiger partial charge in [-0.2, -0.15) is 0 Å². The molecule has 0 radical (unpaired) electrons. The number of carbonyl (C=O) groups excluding carboxylic acids is 2. The zero-order valence-electron chi connectivity index (χ0n) is 30.0. The van der Waals surface area contributed by atoms with Crippen LogP contribution in [0.25, 0.3) is 22.8 Å². The van der Waals surface area contributed by atoms with Crippen molar-refractivity contribution in [2.75, 3.05) is 10.6 Å². The number of hydrogen-bond donors (Lipinski definition) is 2. The number of aromatic nitrogens is 4. The van der Waals surface area contributed by atoms with Gasteiger partial charge in [-0.05, 0) is 122 Å². The summed E-state index contributed by atoms with van der Waals surface area (Å²) >= 11 is 0. The van der Waals surface area contributed by atoms with Crippen molar-refractivity contribution in [3.8, 4) is 22.8 Å². The number of benzene rings is 2. The molecule has 2 aromatic carbocycles. The predicted octanol–water partition coefficient (Wildman–Crippen LogP) is 9.59. The van der Waals surface area contributed by atoms with Gasteiger partial charge in [-0.15, -0.1) is 0 Å². The van der Waals surface area contributed by atoms with Crippen LogP contribution in [0.5, 0.6) is 0 Å². The van der Waals surface area contributed by atoms with Gasteiger partial charge in [0.15, 0.2) is 0 Å². The van der Waals surface area contributed by atoms with Crippen LogP contribution in [0, 0.1) is 27.7 Å². The molecule has 1 fully saturated rings. The molecule has 0 unspecified atom stereocenters.